The van der Waals surface area contributed by atoms with Gasteiger partial charge in [-0.15, -0.1) is 0 Å². The largest absolute Gasteiger partial charge is 0.372 e. The van der Waals surface area contributed by atoms with Crippen LogP contribution in [0, 0.1) is 0 Å². The highest BCUT2D eigenvalue weighted by Crippen LogP contribution is 2.46. The van der Waals surface area contributed by atoms with Crippen molar-refractivity contribution in [1.29, 1.82) is 0 Å². The topological polar surface area (TPSA) is 38.3 Å². The fraction of sp³-hybridized carbons (Fsp3) is 0.700. The zero-order valence-electron chi connectivity index (χ0n) is 8.69. The molecule has 1 aliphatic rings. The summed E-state index contributed by atoms with van der Waals surface area (Å²) in [5.41, 5.74) is -1.39. The third-order valence-corrected chi connectivity index (χ3v) is 2.89. The molecule has 0 atom stereocenters. The molecular formula is C10H15F2NO2. The summed E-state index contributed by atoms with van der Waals surface area (Å²) in [6.07, 6.45) is 2.37. The lowest BCUT2D eigenvalue weighted by molar-refractivity contribution is -0.228. The molecule has 5 heteroatoms. The van der Waals surface area contributed by atoms with Crippen molar-refractivity contribution in [1.82, 2.24) is 5.32 Å². The lowest BCUT2D eigenvalue weighted by Gasteiger charge is -2.45. The van der Waals surface area contributed by atoms with E-state index in [2.05, 4.69) is 11.9 Å². The van der Waals surface area contributed by atoms with E-state index in [1.54, 1.807) is 0 Å². The first kappa shape index (κ1) is 12.1. The van der Waals surface area contributed by atoms with Crippen molar-refractivity contribution < 1.29 is 18.3 Å². The minimum absolute atomic E-state index is 0.334. The summed E-state index contributed by atoms with van der Waals surface area (Å²) in [5, 5.41) is 2.09. The molecule has 0 aromatic heterocycles. The van der Waals surface area contributed by atoms with Crippen LogP contribution in [0.25, 0.3) is 0 Å². The predicted molar refractivity (Wildman–Crippen MR) is 51.7 cm³/mol. The third-order valence-electron chi connectivity index (χ3n) is 2.89. The molecule has 0 aliphatic heterocycles. The van der Waals surface area contributed by atoms with Crippen LogP contribution in [0.5, 0.6) is 0 Å². The molecule has 0 unspecified atom stereocenters. The van der Waals surface area contributed by atoms with E-state index < -0.39 is 24.0 Å². The molecule has 1 aliphatic carbocycles. The van der Waals surface area contributed by atoms with Crippen molar-refractivity contribution >= 4 is 5.91 Å². The SMILES string of the molecule is C=CC(=O)NCC(F)(F)C1(OC)CCC1. The smallest absolute Gasteiger partial charge is 0.293 e. The summed E-state index contributed by atoms with van der Waals surface area (Å²) in [5.74, 6) is -3.63. The summed E-state index contributed by atoms with van der Waals surface area (Å²) in [7, 11) is 1.28. The Balaban J connectivity index is 2.57. The van der Waals surface area contributed by atoms with Gasteiger partial charge in [-0.25, -0.2) is 8.78 Å². The van der Waals surface area contributed by atoms with E-state index in [4.69, 9.17) is 4.74 Å². The molecule has 0 aromatic carbocycles. The van der Waals surface area contributed by atoms with Crippen LogP contribution in [-0.4, -0.2) is 31.1 Å². The van der Waals surface area contributed by atoms with Gasteiger partial charge in [0.05, 0.1) is 6.54 Å². The Morgan fingerprint density at radius 1 is 1.67 bits per heavy atom. The minimum Gasteiger partial charge on any atom is -0.372 e. The molecule has 1 rings (SSSR count). The van der Waals surface area contributed by atoms with E-state index >= 15 is 0 Å². The summed E-state index contributed by atoms with van der Waals surface area (Å²) in [6.45, 7) is 2.49. The highest BCUT2D eigenvalue weighted by molar-refractivity contribution is 5.86. The number of hydrogen-bond donors (Lipinski definition) is 1. The number of halogens is 2. The van der Waals surface area contributed by atoms with Gasteiger partial charge in [0, 0.05) is 7.11 Å². The van der Waals surface area contributed by atoms with E-state index in [0.717, 1.165) is 12.5 Å². The Morgan fingerprint density at radius 2 is 2.27 bits per heavy atom. The first-order valence-corrected chi connectivity index (χ1v) is 4.81. The summed E-state index contributed by atoms with van der Waals surface area (Å²) >= 11 is 0. The molecule has 86 valence electrons. The van der Waals surface area contributed by atoms with Crippen LogP contribution in [-0.2, 0) is 9.53 Å². The number of ether oxygens (including phenoxy) is 1. The summed E-state index contributed by atoms with van der Waals surface area (Å²) < 4.78 is 32.2. The number of carbonyl (C=O) groups is 1. The minimum atomic E-state index is -3.03. The molecule has 0 spiro atoms. The average Bonchev–Trinajstić information content (AvgIpc) is 2.13. The van der Waals surface area contributed by atoms with Crippen molar-refractivity contribution in [2.45, 2.75) is 30.8 Å². The molecule has 0 aromatic rings. The quantitative estimate of drug-likeness (QED) is 0.711. The van der Waals surface area contributed by atoms with Gasteiger partial charge in [-0.2, -0.15) is 0 Å². The Labute approximate surface area is 87.5 Å². The highest BCUT2D eigenvalue weighted by atomic mass is 19.3. The maximum atomic E-state index is 13.6. The van der Waals surface area contributed by atoms with Gasteiger partial charge in [0.1, 0.15) is 5.60 Å². The van der Waals surface area contributed by atoms with Crippen molar-refractivity contribution in [3.05, 3.63) is 12.7 Å². The number of nitrogens with one attached hydrogen (secondary N) is 1. The maximum Gasteiger partial charge on any atom is 0.293 e. The van der Waals surface area contributed by atoms with E-state index in [1.807, 2.05) is 0 Å². The first-order valence-electron chi connectivity index (χ1n) is 4.81. The molecule has 1 saturated carbocycles. The van der Waals surface area contributed by atoms with Crippen LogP contribution in [0.3, 0.4) is 0 Å². The van der Waals surface area contributed by atoms with Crippen LogP contribution in [0.1, 0.15) is 19.3 Å². The van der Waals surface area contributed by atoms with Gasteiger partial charge in [-0.3, -0.25) is 4.79 Å². The summed E-state index contributed by atoms with van der Waals surface area (Å²) in [6, 6.07) is 0. The molecule has 1 fully saturated rings. The van der Waals surface area contributed by atoms with Crippen LogP contribution in [0.4, 0.5) is 8.78 Å². The maximum absolute atomic E-state index is 13.6. The van der Waals surface area contributed by atoms with Gasteiger partial charge in [0.2, 0.25) is 5.91 Å². The number of amides is 1. The zero-order chi connectivity index (χ0) is 11.5. The number of alkyl halides is 2. The fourth-order valence-corrected chi connectivity index (χ4v) is 1.65. The van der Waals surface area contributed by atoms with Gasteiger partial charge in [0.25, 0.3) is 5.92 Å². The van der Waals surface area contributed by atoms with E-state index in [1.165, 1.54) is 7.11 Å². The van der Waals surface area contributed by atoms with Gasteiger partial charge < -0.3 is 10.1 Å². The Hall–Kier alpha value is -0.970. The predicted octanol–water partition coefficient (Wildman–Crippen LogP) is 1.49. The summed E-state index contributed by atoms with van der Waals surface area (Å²) in [4.78, 5) is 10.8. The monoisotopic (exact) mass is 219 g/mol. The van der Waals surface area contributed by atoms with Gasteiger partial charge in [0.15, 0.2) is 0 Å². The van der Waals surface area contributed by atoms with Crippen molar-refractivity contribution in [2.24, 2.45) is 0 Å². The second-order valence-electron chi connectivity index (χ2n) is 3.68. The van der Waals surface area contributed by atoms with Crippen molar-refractivity contribution in [3.63, 3.8) is 0 Å². The number of methoxy groups -OCH3 is 1. The molecule has 0 heterocycles. The normalized spacial score (nSPS) is 19.1. The molecular weight excluding hydrogens is 204 g/mol. The van der Waals surface area contributed by atoms with E-state index in [0.29, 0.717) is 12.8 Å². The van der Waals surface area contributed by atoms with Gasteiger partial charge in [-0.05, 0) is 25.3 Å². The van der Waals surface area contributed by atoms with E-state index in [-0.39, 0.29) is 0 Å². The van der Waals surface area contributed by atoms with Crippen molar-refractivity contribution in [3.8, 4) is 0 Å². The lowest BCUT2D eigenvalue weighted by atomic mass is 9.75. The Kier molecular flexibility index (Phi) is 3.44. The van der Waals surface area contributed by atoms with Crippen LogP contribution < -0.4 is 5.32 Å². The molecule has 1 amide bonds. The van der Waals surface area contributed by atoms with Crippen LogP contribution >= 0.6 is 0 Å². The highest BCUT2D eigenvalue weighted by Gasteiger charge is 2.57. The van der Waals surface area contributed by atoms with Crippen molar-refractivity contribution in [2.75, 3.05) is 13.7 Å². The second-order valence-corrected chi connectivity index (χ2v) is 3.68. The molecule has 0 radical (unpaired) electrons. The Morgan fingerprint density at radius 3 is 2.60 bits per heavy atom. The van der Waals surface area contributed by atoms with E-state index in [9.17, 15) is 13.6 Å². The molecule has 0 bridgehead atoms. The molecule has 1 N–H and O–H groups in total. The molecule has 3 nitrogen and oxygen atoms in total. The number of carbonyl (C=O) groups excluding carboxylic acids is 1. The lowest BCUT2D eigenvalue weighted by Crippen LogP contribution is -2.59. The van der Waals surface area contributed by atoms with Crippen LogP contribution in [0.15, 0.2) is 12.7 Å². The molecule has 0 saturated heterocycles. The van der Waals surface area contributed by atoms with Crippen LogP contribution in [0.2, 0.25) is 0 Å². The number of rotatable bonds is 5. The van der Waals surface area contributed by atoms with Gasteiger partial charge in [-0.1, -0.05) is 6.58 Å². The average molecular weight is 219 g/mol. The molecule has 15 heavy (non-hydrogen) atoms. The fourth-order valence-electron chi connectivity index (χ4n) is 1.65. The standard InChI is InChI=1S/C10H15F2NO2/c1-3-8(14)13-7-10(11,12)9(15-2)5-4-6-9/h3H,1,4-7H2,2H3,(H,13,14). The third kappa shape index (κ3) is 2.17. The van der Waals surface area contributed by atoms with Gasteiger partial charge >= 0.3 is 0 Å². The second kappa shape index (κ2) is 4.26. The zero-order valence-corrected chi connectivity index (χ0v) is 8.69. The Bertz CT molecular complexity index is 257. The first-order chi connectivity index (χ1) is 6.97. The number of hydrogen-bond acceptors (Lipinski definition) is 2.